The molecular weight excluding hydrogens is 312 g/mol. The molecule has 0 aliphatic heterocycles. The maximum atomic E-state index is 11.8. The second kappa shape index (κ2) is 9.38. The predicted molar refractivity (Wildman–Crippen MR) is 97.1 cm³/mol. The van der Waals surface area contributed by atoms with Crippen molar-refractivity contribution in [3.8, 4) is 5.75 Å². The Morgan fingerprint density at radius 3 is 2.61 bits per heavy atom. The van der Waals surface area contributed by atoms with Crippen molar-refractivity contribution in [2.24, 2.45) is 11.7 Å². The van der Waals surface area contributed by atoms with Gasteiger partial charge in [0.05, 0.1) is 12.6 Å². The molecule has 23 heavy (non-hydrogen) atoms. The van der Waals surface area contributed by atoms with Crippen LogP contribution in [0.2, 0.25) is 0 Å². The molecule has 1 amide bonds. The van der Waals surface area contributed by atoms with Crippen molar-refractivity contribution in [2.75, 3.05) is 13.2 Å². The Labute approximate surface area is 143 Å². The molecule has 0 heterocycles. The molecule has 0 aliphatic rings. The summed E-state index contributed by atoms with van der Waals surface area (Å²) in [7, 11) is 0. The van der Waals surface area contributed by atoms with E-state index in [4.69, 9.17) is 10.5 Å². The number of halogens is 1. The second-order valence-electron chi connectivity index (χ2n) is 5.85. The zero-order valence-corrected chi connectivity index (χ0v) is 14.4. The number of benzene rings is 2. The maximum Gasteiger partial charge on any atom is 0.237 e. The number of amides is 1. The zero-order valence-electron chi connectivity index (χ0n) is 13.6. The Kier molecular flexibility index (Phi) is 7.86. The van der Waals surface area contributed by atoms with E-state index in [1.165, 1.54) is 0 Å². The van der Waals surface area contributed by atoms with Crippen LogP contribution < -0.4 is 15.8 Å². The number of nitrogens with one attached hydrogen (secondary N) is 1. The number of rotatable bonds is 7. The first-order valence-corrected chi connectivity index (χ1v) is 7.72. The Morgan fingerprint density at radius 2 is 1.87 bits per heavy atom. The van der Waals surface area contributed by atoms with Gasteiger partial charge in [-0.1, -0.05) is 50.2 Å². The van der Waals surface area contributed by atoms with Crippen LogP contribution in [-0.4, -0.2) is 25.1 Å². The average Bonchev–Trinajstić information content (AvgIpc) is 2.50. The van der Waals surface area contributed by atoms with E-state index in [0.29, 0.717) is 25.5 Å². The molecule has 5 heteroatoms. The summed E-state index contributed by atoms with van der Waals surface area (Å²) in [6.45, 7) is 4.98. The van der Waals surface area contributed by atoms with Gasteiger partial charge in [0.1, 0.15) is 12.4 Å². The van der Waals surface area contributed by atoms with Crippen LogP contribution in [-0.2, 0) is 4.79 Å². The Balaban J connectivity index is 0.00000264. The number of ether oxygens (including phenoxy) is 1. The van der Waals surface area contributed by atoms with Gasteiger partial charge in [0, 0.05) is 5.39 Å². The van der Waals surface area contributed by atoms with Crippen LogP contribution in [0.4, 0.5) is 0 Å². The molecule has 1 atom stereocenters. The van der Waals surface area contributed by atoms with Gasteiger partial charge < -0.3 is 15.8 Å². The molecule has 0 spiro atoms. The standard InChI is InChI=1S/C18H24N2O2.ClH/c1-13(2)12-16(19)18(21)20-10-11-22-17-9-5-7-14-6-3-4-8-15(14)17;/h3-9,13,16H,10-12,19H2,1-2H3,(H,20,21);1H/t16-;/m0./s1. The highest BCUT2D eigenvalue weighted by atomic mass is 35.5. The van der Waals surface area contributed by atoms with Crippen molar-refractivity contribution in [3.63, 3.8) is 0 Å². The van der Waals surface area contributed by atoms with Crippen LogP contribution in [0.5, 0.6) is 5.75 Å². The molecule has 0 aromatic heterocycles. The van der Waals surface area contributed by atoms with Crippen molar-refractivity contribution >= 4 is 29.1 Å². The van der Waals surface area contributed by atoms with E-state index in [1.807, 2.05) is 30.3 Å². The average molecular weight is 337 g/mol. The smallest absolute Gasteiger partial charge is 0.237 e. The molecule has 0 unspecified atom stereocenters. The first-order chi connectivity index (χ1) is 10.6. The molecule has 4 nitrogen and oxygen atoms in total. The fourth-order valence-electron chi connectivity index (χ4n) is 2.40. The molecule has 126 valence electrons. The van der Waals surface area contributed by atoms with Crippen molar-refractivity contribution in [3.05, 3.63) is 42.5 Å². The van der Waals surface area contributed by atoms with E-state index in [9.17, 15) is 4.79 Å². The van der Waals surface area contributed by atoms with Gasteiger partial charge in [-0.15, -0.1) is 12.4 Å². The van der Waals surface area contributed by atoms with E-state index >= 15 is 0 Å². The summed E-state index contributed by atoms with van der Waals surface area (Å²) in [5.74, 6) is 1.13. The molecule has 0 aliphatic carbocycles. The lowest BCUT2D eigenvalue weighted by Crippen LogP contribution is -2.42. The largest absolute Gasteiger partial charge is 0.491 e. The van der Waals surface area contributed by atoms with Crippen LogP contribution in [0.25, 0.3) is 10.8 Å². The normalized spacial score (nSPS) is 11.8. The van der Waals surface area contributed by atoms with Gasteiger partial charge in [0.15, 0.2) is 0 Å². The Bertz CT molecular complexity index is 626. The van der Waals surface area contributed by atoms with Crippen LogP contribution in [0, 0.1) is 5.92 Å². The molecular formula is C18H25ClN2O2. The number of fused-ring (bicyclic) bond motifs is 1. The summed E-state index contributed by atoms with van der Waals surface area (Å²) >= 11 is 0. The molecule has 0 saturated heterocycles. The molecule has 2 rings (SSSR count). The van der Waals surface area contributed by atoms with Crippen molar-refractivity contribution < 1.29 is 9.53 Å². The molecule has 0 radical (unpaired) electrons. The number of hydrogen-bond donors (Lipinski definition) is 2. The molecule has 0 bridgehead atoms. The molecule has 0 saturated carbocycles. The minimum Gasteiger partial charge on any atom is -0.491 e. The fourth-order valence-corrected chi connectivity index (χ4v) is 2.40. The molecule has 3 N–H and O–H groups in total. The van der Waals surface area contributed by atoms with Gasteiger partial charge in [-0.25, -0.2) is 0 Å². The molecule has 2 aromatic carbocycles. The van der Waals surface area contributed by atoms with Crippen LogP contribution >= 0.6 is 12.4 Å². The lowest BCUT2D eigenvalue weighted by molar-refractivity contribution is -0.122. The summed E-state index contributed by atoms with van der Waals surface area (Å²) in [5.41, 5.74) is 5.83. The lowest BCUT2D eigenvalue weighted by Gasteiger charge is -2.14. The van der Waals surface area contributed by atoms with Gasteiger partial charge in [-0.3, -0.25) is 4.79 Å². The van der Waals surface area contributed by atoms with Gasteiger partial charge in [0.25, 0.3) is 0 Å². The van der Waals surface area contributed by atoms with Crippen LogP contribution in [0.15, 0.2) is 42.5 Å². The number of carbonyl (C=O) groups excluding carboxylic acids is 1. The van der Waals surface area contributed by atoms with Gasteiger partial charge in [-0.05, 0) is 23.8 Å². The van der Waals surface area contributed by atoms with Gasteiger partial charge in [0.2, 0.25) is 5.91 Å². The third kappa shape index (κ3) is 5.73. The van der Waals surface area contributed by atoms with Crippen molar-refractivity contribution in [1.82, 2.24) is 5.32 Å². The monoisotopic (exact) mass is 336 g/mol. The van der Waals surface area contributed by atoms with Gasteiger partial charge in [-0.2, -0.15) is 0 Å². The quantitative estimate of drug-likeness (QED) is 0.763. The van der Waals surface area contributed by atoms with Crippen molar-refractivity contribution in [2.45, 2.75) is 26.3 Å². The van der Waals surface area contributed by atoms with Crippen LogP contribution in [0.3, 0.4) is 0 Å². The topological polar surface area (TPSA) is 64.4 Å². The minimum atomic E-state index is -0.447. The summed E-state index contributed by atoms with van der Waals surface area (Å²) < 4.78 is 5.77. The van der Waals surface area contributed by atoms with Crippen LogP contribution in [0.1, 0.15) is 20.3 Å². The molecule has 2 aromatic rings. The van der Waals surface area contributed by atoms with E-state index < -0.39 is 6.04 Å². The fraction of sp³-hybridized carbons (Fsp3) is 0.389. The number of nitrogens with two attached hydrogens (primary N) is 1. The zero-order chi connectivity index (χ0) is 15.9. The predicted octanol–water partition coefficient (Wildman–Crippen LogP) is 3.13. The third-order valence-corrected chi connectivity index (χ3v) is 3.47. The van der Waals surface area contributed by atoms with E-state index in [-0.39, 0.29) is 18.3 Å². The molecule has 0 fully saturated rings. The highest BCUT2D eigenvalue weighted by Gasteiger charge is 2.14. The first kappa shape index (κ1) is 19.3. The summed E-state index contributed by atoms with van der Waals surface area (Å²) in [4.78, 5) is 11.8. The lowest BCUT2D eigenvalue weighted by atomic mass is 10.0. The number of hydrogen-bond acceptors (Lipinski definition) is 3. The summed E-state index contributed by atoms with van der Waals surface area (Å²) in [6, 6.07) is 13.6. The van der Waals surface area contributed by atoms with Gasteiger partial charge >= 0.3 is 0 Å². The van der Waals surface area contributed by atoms with E-state index in [1.54, 1.807) is 0 Å². The van der Waals surface area contributed by atoms with E-state index in [2.05, 4.69) is 31.3 Å². The van der Waals surface area contributed by atoms with Crippen molar-refractivity contribution in [1.29, 1.82) is 0 Å². The first-order valence-electron chi connectivity index (χ1n) is 7.72. The number of carbonyl (C=O) groups is 1. The Morgan fingerprint density at radius 1 is 1.17 bits per heavy atom. The third-order valence-electron chi connectivity index (χ3n) is 3.47. The second-order valence-corrected chi connectivity index (χ2v) is 5.85. The Hall–Kier alpha value is -1.78. The minimum absolute atomic E-state index is 0. The highest BCUT2D eigenvalue weighted by molar-refractivity contribution is 5.88. The highest BCUT2D eigenvalue weighted by Crippen LogP contribution is 2.24. The van der Waals surface area contributed by atoms with E-state index in [0.717, 1.165) is 16.5 Å². The summed E-state index contributed by atoms with van der Waals surface area (Å²) in [6.07, 6.45) is 0.690. The maximum absolute atomic E-state index is 11.8. The SMILES string of the molecule is CC(C)C[C@H](N)C(=O)NCCOc1cccc2ccccc12.Cl. The summed E-state index contributed by atoms with van der Waals surface area (Å²) in [5, 5.41) is 5.04.